The van der Waals surface area contributed by atoms with Crippen LogP contribution in [0.3, 0.4) is 0 Å². The van der Waals surface area contributed by atoms with Crippen molar-refractivity contribution >= 4 is 17.7 Å². The van der Waals surface area contributed by atoms with Gasteiger partial charge in [-0.15, -0.1) is 11.8 Å². The number of hydrogen-bond acceptors (Lipinski definition) is 3. The van der Waals surface area contributed by atoms with E-state index < -0.39 is 5.60 Å². The quantitative estimate of drug-likeness (QED) is 0.526. The van der Waals surface area contributed by atoms with Crippen LogP contribution in [0.4, 0.5) is 0 Å². The zero-order valence-electron chi connectivity index (χ0n) is 6.41. The molecule has 2 fully saturated rings. The molecule has 2 saturated heterocycles. The molecule has 2 atom stereocenters. The molecule has 3 nitrogen and oxygen atoms in total. The Morgan fingerprint density at radius 2 is 2.55 bits per heavy atom. The molecule has 0 spiro atoms. The summed E-state index contributed by atoms with van der Waals surface area (Å²) in [5, 5.41) is 9.96. The molecule has 2 heterocycles. The van der Waals surface area contributed by atoms with Crippen LogP contribution in [0.1, 0.15) is 13.3 Å². The summed E-state index contributed by atoms with van der Waals surface area (Å²) in [6.45, 7) is 2.30. The molecular weight excluding hydrogens is 162 g/mol. The Kier molecular flexibility index (Phi) is 1.44. The van der Waals surface area contributed by atoms with Gasteiger partial charge in [-0.1, -0.05) is 0 Å². The van der Waals surface area contributed by atoms with Crippen molar-refractivity contribution in [2.24, 2.45) is 0 Å². The Bertz CT molecular complexity index is 205. The number of aliphatic hydroxyl groups is 1. The van der Waals surface area contributed by atoms with Gasteiger partial charge in [-0.05, 0) is 6.92 Å². The lowest BCUT2D eigenvalue weighted by molar-refractivity contribution is -0.146. The van der Waals surface area contributed by atoms with Crippen LogP contribution in [-0.4, -0.2) is 39.2 Å². The standard InChI is InChI=1S/C7H11NO2S/c1-7(10)3-8-5(9)2-6(8)11-4-7/h6,10H,2-4H2,1H3/t6-,7?/m1/s1. The first-order chi connectivity index (χ1) is 5.08. The minimum absolute atomic E-state index is 0.183. The fourth-order valence-corrected chi connectivity index (χ4v) is 2.73. The van der Waals surface area contributed by atoms with Crippen molar-refractivity contribution in [3.63, 3.8) is 0 Å². The van der Waals surface area contributed by atoms with Crippen LogP contribution in [0, 0.1) is 0 Å². The van der Waals surface area contributed by atoms with Gasteiger partial charge in [0.2, 0.25) is 5.91 Å². The van der Waals surface area contributed by atoms with E-state index in [1.54, 1.807) is 23.6 Å². The van der Waals surface area contributed by atoms with E-state index in [0.29, 0.717) is 18.3 Å². The van der Waals surface area contributed by atoms with Crippen molar-refractivity contribution in [2.45, 2.75) is 24.3 Å². The lowest BCUT2D eigenvalue weighted by Gasteiger charge is -2.48. The molecule has 11 heavy (non-hydrogen) atoms. The van der Waals surface area contributed by atoms with Crippen LogP contribution in [0.25, 0.3) is 0 Å². The molecule has 2 rings (SSSR count). The summed E-state index contributed by atoms with van der Waals surface area (Å²) in [6, 6.07) is 0. The average molecular weight is 173 g/mol. The number of fused-ring (bicyclic) bond motifs is 1. The molecule has 1 N–H and O–H groups in total. The van der Waals surface area contributed by atoms with E-state index in [0.717, 1.165) is 5.75 Å². The van der Waals surface area contributed by atoms with Crippen LogP contribution in [0.5, 0.6) is 0 Å². The van der Waals surface area contributed by atoms with Crippen LogP contribution < -0.4 is 0 Å². The Balaban J connectivity index is 2.06. The van der Waals surface area contributed by atoms with Gasteiger partial charge in [0, 0.05) is 5.75 Å². The monoisotopic (exact) mass is 173 g/mol. The van der Waals surface area contributed by atoms with Gasteiger partial charge in [0.1, 0.15) is 0 Å². The second-order valence-corrected chi connectivity index (χ2v) is 4.65. The number of amides is 1. The van der Waals surface area contributed by atoms with Crippen molar-refractivity contribution in [3.05, 3.63) is 0 Å². The van der Waals surface area contributed by atoms with Gasteiger partial charge >= 0.3 is 0 Å². The van der Waals surface area contributed by atoms with E-state index in [1.165, 1.54) is 0 Å². The molecule has 0 aromatic carbocycles. The minimum Gasteiger partial charge on any atom is -0.387 e. The summed E-state index contributed by atoms with van der Waals surface area (Å²) in [4.78, 5) is 12.7. The third-order valence-electron chi connectivity index (χ3n) is 2.11. The van der Waals surface area contributed by atoms with Crippen LogP contribution in [0.15, 0.2) is 0 Å². The molecule has 62 valence electrons. The summed E-state index contributed by atoms with van der Waals surface area (Å²) in [5.74, 6) is 0.934. The fourth-order valence-electron chi connectivity index (χ4n) is 1.45. The van der Waals surface area contributed by atoms with Crippen molar-refractivity contribution < 1.29 is 9.90 Å². The van der Waals surface area contributed by atoms with Crippen LogP contribution in [0.2, 0.25) is 0 Å². The van der Waals surface area contributed by atoms with Gasteiger partial charge in [-0.3, -0.25) is 4.79 Å². The third kappa shape index (κ3) is 1.14. The molecule has 2 aliphatic heterocycles. The summed E-state index contributed by atoms with van der Waals surface area (Å²) in [6.07, 6.45) is 0.667. The number of rotatable bonds is 0. The molecule has 1 amide bonds. The summed E-state index contributed by atoms with van der Waals surface area (Å²) in [5.41, 5.74) is -0.669. The highest BCUT2D eigenvalue weighted by Gasteiger charge is 2.44. The number of carbonyl (C=O) groups is 1. The van der Waals surface area contributed by atoms with E-state index in [2.05, 4.69) is 0 Å². The largest absolute Gasteiger partial charge is 0.387 e. The molecule has 0 aromatic rings. The maximum absolute atomic E-state index is 11.0. The van der Waals surface area contributed by atoms with Crippen molar-refractivity contribution in [1.29, 1.82) is 0 Å². The van der Waals surface area contributed by atoms with Gasteiger partial charge in [0.25, 0.3) is 0 Å². The number of hydrogen-bond donors (Lipinski definition) is 1. The van der Waals surface area contributed by atoms with E-state index >= 15 is 0 Å². The minimum atomic E-state index is -0.669. The van der Waals surface area contributed by atoms with E-state index in [9.17, 15) is 9.90 Å². The molecule has 1 unspecified atom stereocenters. The fraction of sp³-hybridized carbons (Fsp3) is 0.857. The van der Waals surface area contributed by atoms with Crippen molar-refractivity contribution in [2.75, 3.05) is 12.3 Å². The highest BCUT2D eigenvalue weighted by Crippen LogP contribution is 2.37. The zero-order valence-corrected chi connectivity index (χ0v) is 7.23. The van der Waals surface area contributed by atoms with Crippen molar-refractivity contribution in [1.82, 2.24) is 4.90 Å². The molecule has 0 aliphatic carbocycles. The lowest BCUT2D eigenvalue weighted by atomic mass is 10.1. The second kappa shape index (κ2) is 2.14. The number of carbonyl (C=O) groups excluding carboxylic acids is 1. The first-order valence-electron chi connectivity index (χ1n) is 3.72. The van der Waals surface area contributed by atoms with Crippen LogP contribution in [-0.2, 0) is 4.79 Å². The predicted molar refractivity (Wildman–Crippen MR) is 43.2 cm³/mol. The lowest BCUT2D eigenvalue weighted by Crippen LogP contribution is -2.60. The summed E-state index contributed by atoms with van der Waals surface area (Å²) in [7, 11) is 0. The van der Waals surface area contributed by atoms with Gasteiger partial charge in [-0.2, -0.15) is 0 Å². The number of nitrogens with zero attached hydrogens (tertiary/aromatic N) is 1. The first kappa shape index (κ1) is 7.43. The second-order valence-electron chi connectivity index (χ2n) is 3.49. The Labute approximate surface area is 69.8 Å². The van der Waals surface area contributed by atoms with Gasteiger partial charge in [-0.25, -0.2) is 0 Å². The molecule has 4 heteroatoms. The van der Waals surface area contributed by atoms with Gasteiger partial charge in [0.15, 0.2) is 0 Å². The van der Waals surface area contributed by atoms with Crippen molar-refractivity contribution in [3.8, 4) is 0 Å². The third-order valence-corrected chi connectivity index (χ3v) is 3.71. The van der Waals surface area contributed by atoms with E-state index in [4.69, 9.17) is 0 Å². The normalized spacial score (nSPS) is 43.3. The van der Waals surface area contributed by atoms with E-state index in [1.807, 2.05) is 0 Å². The number of β-lactam (4-membered cyclic amide) rings is 1. The molecule has 2 aliphatic rings. The Hall–Kier alpha value is -0.220. The molecule has 0 aromatic heterocycles. The first-order valence-corrected chi connectivity index (χ1v) is 4.77. The highest BCUT2D eigenvalue weighted by atomic mass is 32.2. The Morgan fingerprint density at radius 1 is 1.82 bits per heavy atom. The van der Waals surface area contributed by atoms with E-state index in [-0.39, 0.29) is 5.91 Å². The smallest absolute Gasteiger partial charge is 0.226 e. The topological polar surface area (TPSA) is 40.5 Å². The zero-order chi connectivity index (χ0) is 8.06. The summed E-state index contributed by atoms with van der Waals surface area (Å²) >= 11 is 1.68. The molecule has 0 radical (unpaired) electrons. The van der Waals surface area contributed by atoms with Gasteiger partial charge in [0.05, 0.1) is 23.9 Å². The SMILES string of the molecule is CC1(O)CS[C@@H]2CC(=O)N2C1. The maximum atomic E-state index is 11.0. The molecule has 0 bridgehead atoms. The predicted octanol–water partition coefficient (Wildman–Crippen LogP) is 0.0426. The number of thioether (sulfide) groups is 1. The Morgan fingerprint density at radius 3 is 3.09 bits per heavy atom. The molecular formula is C7H11NO2S. The molecule has 0 saturated carbocycles. The van der Waals surface area contributed by atoms with Gasteiger partial charge < -0.3 is 10.0 Å². The average Bonchev–Trinajstić information content (AvgIpc) is 1.92. The summed E-state index contributed by atoms with van der Waals surface area (Å²) < 4.78 is 0. The van der Waals surface area contributed by atoms with Crippen LogP contribution >= 0.6 is 11.8 Å². The maximum Gasteiger partial charge on any atom is 0.226 e. The highest BCUT2D eigenvalue weighted by molar-refractivity contribution is 8.00.